The summed E-state index contributed by atoms with van der Waals surface area (Å²) in [6.45, 7) is 11.7. The fourth-order valence-corrected chi connectivity index (χ4v) is 4.08. The van der Waals surface area contributed by atoms with Crippen LogP contribution in [0.1, 0.15) is 35.4 Å². The predicted molar refractivity (Wildman–Crippen MR) is 99.0 cm³/mol. The standard InChI is InChI=1S/C19H26N2O2S/c1-13-5-6-14(2)17(9-13)18-10-20(15(3)11-23-18)7-8-21-16(4)12-24-19(21)22/h5-6,9,12,15,18H,7-8,10-11H2,1-4H3/t15-,18-/m0/s1. The smallest absolute Gasteiger partial charge is 0.307 e. The third-order valence-corrected chi connectivity index (χ3v) is 5.81. The zero-order valence-corrected chi connectivity index (χ0v) is 15.7. The fraction of sp³-hybridized carbons (Fsp3) is 0.526. The topological polar surface area (TPSA) is 34.5 Å². The molecule has 0 unspecified atom stereocenters. The van der Waals surface area contributed by atoms with Crippen molar-refractivity contribution in [3.8, 4) is 0 Å². The maximum absolute atomic E-state index is 11.9. The molecule has 1 aromatic carbocycles. The number of aromatic nitrogens is 1. The van der Waals surface area contributed by atoms with Crippen LogP contribution in [0.15, 0.2) is 28.4 Å². The summed E-state index contributed by atoms with van der Waals surface area (Å²) >= 11 is 1.28. The lowest BCUT2D eigenvalue weighted by Crippen LogP contribution is -2.46. The van der Waals surface area contributed by atoms with E-state index in [-0.39, 0.29) is 11.0 Å². The molecule has 1 aliphatic rings. The molecule has 4 nitrogen and oxygen atoms in total. The first-order valence-corrected chi connectivity index (χ1v) is 9.41. The van der Waals surface area contributed by atoms with Crippen LogP contribution in [0, 0.1) is 20.8 Å². The first-order chi connectivity index (χ1) is 11.5. The second-order valence-electron chi connectivity index (χ2n) is 6.82. The van der Waals surface area contributed by atoms with Crippen molar-refractivity contribution in [2.24, 2.45) is 0 Å². The minimum Gasteiger partial charge on any atom is -0.371 e. The highest BCUT2D eigenvalue weighted by Gasteiger charge is 2.28. The van der Waals surface area contributed by atoms with Gasteiger partial charge < -0.3 is 9.30 Å². The normalized spacial score (nSPS) is 22.0. The monoisotopic (exact) mass is 346 g/mol. The number of hydrogen-bond donors (Lipinski definition) is 0. The molecule has 5 heteroatoms. The van der Waals surface area contributed by atoms with Gasteiger partial charge in [0.25, 0.3) is 0 Å². The van der Waals surface area contributed by atoms with Crippen LogP contribution < -0.4 is 4.87 Å². The Labute approximate surface area is 147 Å². The predicted octanol–water partition coefficient (Wildman–Crippen LogP) is 3.30. The molecule has 1 aromatic heterocycles. The summed E-state index contributed by atoms with van der Waals surface area (Å²) in [6, 6.07) is 6.93. The molecule has 24 heavy (non-hydrogen) atoms. The Hall–Kier alpha value is -1.43. The summed E-state index contributed by atoms with van der Waals surface area (Å²) in [5, 5.41) is 1.93. The molecular formula is C19H26N2O2S. The Balaban J connectivity index is 1.72. The zero-order valence-electron chi connectivity index (χ0n) is 14.9. The molecule has 0 N–H and O–H groups in total. The number of hydrogen-bond acceptors (Lipinski definition) is 4. The van der Waals surface area contributed by atoms with E-state index in [1.54, 1.807) is 0 Å². The molecule has 1 fully saturated rings. The third kappa shape index (κ3) is 3.63. The molecule has 2 aromatic rings. The molecule has 0 saturated carbocycles. The number of thiazole rings is 1. The highest BCUT2D eigenvalue weighted by Crippen LogP contribution is 2.28. The minimum absolute atomic E-state index is 0.112. The van der Waals surface area contributed by atoms with Crippen molar-refractivity contribution in [2.45, 2.75) is 46.4 Å². The van der Waals surface area contributed by atoms with Crippen LogP contribution in [-0.2, 0) is 11.3 Å². The summed E-state index contributed by atoms with van der Waals surface area (Å²) in [6.07, 6.45) is 0.112. The van der Waals surface area contributed by atoms with Crippen LogP contribution in [0.4, 0.5) is 0 Å². The van der Waals surface area contributed by atoms with Gasteiger partial charge in [0.05, 0.1) is 12.7 Å². The molecule has 3 rings (SSSR count). The number of rotatable bonds is 4. The quantitative estimate of drug-likeness (QED) is 0.852. The van der Waals surface area contributed by atoms with Crippen LogP contribution >= 0.6 is 11.3 Å². The van der Waals surface area contributed by atoms with E-state index in [0.29, 0.717) is 6.04 Å². The highest BCUT2D eigenvalue weighted by molar-refractivity contribution is 7.07. The minimum atomic E-state index is 0.112. The Bertz CT molecular complexity index is 765. The second-order valence-corrected chi connectivity index (χ2v) is 7.64. The molecule has 0 spiro atoms. The van der Waals surface area contributed by atoms with E-state index in [1.165, 1.54) is 28.0 Å². The average Bonchev–Trinajstić information content (AvgIpc) is 2.88. The lowest BCUT2D eigenvalue weighted by molar-refractivity contribution is -0.0611. The van der Waals surface area contributed by atoms with Crippen molar-refractivity contribution in [1.29, 1.82) is 0 Å². The van der Waals surface area contributed by atoms with E-state index in [0.717, 1.165) is 31.9 Å². The van der Waals surface area contributed by atoms with Crippen LogP contribution in [0.3, 0.4) is 0 Å². The molecular weight excluding hydrogens is 320 g/mol. The average molecular weight is 346 g/mol. The van der Waals surface area contributed by atoms with E-state index in [4.69, 9.17) is 4.74 Å². The van der Waals surface area contributed by atoms with Gasteiger partial charge in [-0.15, -0.1) is 0 Å². The van der Waals surface area contributed by atoms with Crippen molar-refractivity contribution in [3.63, 3.8) is 0 Å². The second kappa shape index (κ2) is 7.21. The Morgan fingerprint density at radius 2 is 2.04 bits per heavy atom. The number of morpholine rings is 1. The largest absolute Gasteiger partial charge is 0.371 e. The van der Waals surface area contributed by atoms with Crippen LogP contribution in [0.2, 0.25) is 0 Å². The molecule has 0 radical (unpaired) electrons. The summed E-state index contributed by atoms with van der Waals surface area (Å²) < 4.78 is 7.99. The van der Waals surface area contributed by atoms with Gasteiger partial charge in [0.2, 0.25) is 0 Å². The lowest BCUT2D eigenvalue weighted by atomic mass is 9.99. The molecule has 2 atom stereocenters. The van der Waals surface area contributed by atoms with Gasteiger partial charge in [-0.25, -0.2) is 0 Å². The van der Waals surface area contributed by atoms with Gasteiger partial charge in [-0.2, -0.15) is 0 Å². The van der Waals surface area contributed by atoms with Gasteiger partial charge in [-0.1, -0.05) is 35.1 Å². The summed E-state index contributed by atoms with van der Waals surface area (Å²) in [5.41, 5.74) is 4.89. The molecule has 1 aliphatic heterocycles. The van der Waals surface area contributed by atoms with Crippen molar-refractivity contribution in [2.75, 3.05) is 19.7 Å². The van der Waals surface area contributed by atoms with E-state index >= 15 is 0 Å². The van der Waals surface area contributed by atoms with E-state index in [2.05, 4.69) is 43.9 Å². The molecule has 130 valence electrons. The first-order valence-electron chi connectivity index (χ1n) is 8.53. The zero-order chi connectivity index (χ0) is 17.3. The van der Waals surface area contributed by atoms with Gasteiger partial charge in [0.1, 0.15) is 0 Å². The van der Waals surface area contributed by atoms with Gasteiger partial charge >= 0.3 is 4.87 Å². The van der Waals surface area contributed by atoms with Crippen LogP contribution in [0.5, 0.6) is 0 Å². The first kappa shape index (κ1) is 17.4. The molecule has 0 bridgehead atoms. The van der Waals surface area contributed by atoms with Gasteiger partial charge in [-0.05, 0) is 38.8 Å². The molecule has 0 amide bonds. The van der Waals surface area contributed by atoms with Crippen molar-refractivity contribution >= 4 is 11.3 Å². The van der Waals surface area contributed by atoms with Gasteiger partial charge in [0.15, 0.2) is 0 Å². The maximum atomic E-state index is 11.9. The van der Waals surface area contributed by atoms with E-state index in [1.807, 2.05) is 16.9 Å². The summed E-state index contributed by atoms with van der Waals surface area (Å²) in [4.78, 5) is 14.5. The summed E-state index contributed by atoms with van der Waals surface area (Å²) in [5.74, 6) is 0. The Morgan fingerprint density at radius 1 is 1.25 bits per heavy atom. The maximum Gasteiger partial charge on any atom is 0.307 e. The number of nitrogens with zero attached hydrogens (tertiary/aromatic N) is 2. The highest BCUT2D eigenvalue weighted by atomic mass is 32.1. The Morgan fingerprint density at radius 3 is 2.75 bits per heavy atom. The fourth-order valence-electron chi connectivity index (χ4n) is 3.32. The van der Waals surface area contributed by atoms with E-state index in [9.17, 15) is 4.79 Å². The number of aryl methyl sites for hydroxylation is 3. The molecule has 1 saturated heterocycles. The third-order valence-electron chi connectivity index (χ3n) is 4.93. The SMILES string of the molecule is Cc1ccc(C)c([C@@H]2CN(CCn3c(C)csc3=O)[C@@H](C)CO2)c1. The van der Waals surface area contributed by atoms with Crippen molar-refractivity contribution in [1.82, 2.24) is 9.47 Å². The van der Waals surface area contributed by atoms with Crippen molar-refractivity contribution in [3.05, 3.63) is 55.6 Å². The van der Waals surface area contributed by atoms with Crippen molar-refractivity contribution < 1.29 is 4.74 Å². The summed E-state index contributed by atoms with van der Waals surface area (Å²) in [7, 11) is 0. The van der Waals surface area contributed by atoms with E-state index < -0.39 is 0 Å². The van der Waals surface area contributed by atoms with Crippen LogP contribution in [-0.4, -0.2) is 35.2 Å². The van der Waals surface area contributed by atoms with Crippen LogP contribution in [0.25, 0.3) is 0 Å². The molecule has 2 heterocycles. The van der Waals surface area contributed by atoms with Gasteiger partial charge in [-0.3, -0.25) is 9.69 Å². The number of ether oxygens (including phenoxy) is 1. The Kier molecular flexibility index (Phi) is 5.23. The molecule has 0 aliphatic carbocycles. The number of benzene rings is 1. The van der Waals surface area contributed by atoms with Gasteiger partial charge in [0, 0.05) is 36.8 Å². The lowest BCUT2D eigenvalue weighted by Gasteiger charge is -2.38.